The number of nitrogens with zero attached hydrogens (tertiary/aromatic N) is 3. The van der Waals surface area contributed by atoms with E-state index in [1.807, 2.05) is 42.5 Å². The van der Waals surface area contributed by atoms with Gasteiger partial charge in [0.05, 0.1) is 25.0 Å². The third kappa shape index (κ3) is 5.39. The lowest BCUT2D eigenvalue weighted by molar-refractivity contribution is -0.129. The van der Waals surface area contributed by atoms with Crippen LogP contribution in [0, 0.1) is 5.82 Å². The van der Waals surface area contributed by atoms with Gasteiger partial charge in [0.15, 0.2) is 0 Å². The Hall–Kier alpha value is -4.11. The lowest BCUT2D eigenvalue weighted by Gasteiger charge is -2.18. The van der Waals surface area contributed by atoms with Crippen molar-refractivity contribution in [3.8, 4) is 0 Å². The monoisotopic (exact) mass is 447 g/mol. The van der Waals surface area contributed by atoms with Crippen LogP contribution < -0.4 is 10.8 Å². The maximum absolute atomic E-state index is 13.1. The van der Waals surface area contributed by atoms with Gasteiger partial charge in [-0.1, -0.05) is 47.7 Å². The molecule has 3 aromatic carbocycles. The molecule has 0 radical (unpaired) electrons. The Morgan fingerprint density at radius 1 is 1.03 bits per heavy atom. The van der Waals surface area contributed by atoms with Crippen molar-refractivity contribution < 1.29 is 19.2 Å². The van der Waals surface area contributed by atoms with Gasteiger partial charge in [0.25, 0.3) is 5.91 Å². The molecule has 1 atom stereocenters. The molecule has 8 nitrogen and oxygen atoms in total. The summed E-state index contributed by atoms with van der Waals surface area (Å²) in [5.41, 5.74) is 3.58. The molecule has 1 aromatic heterocycles. The molecule has 0 aliphatic carbocycles. The lowest BCUT2D eigenvalue weighted by Crippen LogP contribution is -2.26. The van der Waals surface area contributed by atoms with E-state index >= 15 is 0 Å². The lowest BCUT2D eigenvalue weighted by atomic mass is 9.93. The van der Waals surface area contributed by atoms with E-state index in [1.165, 1.54) is 30.5 Å². The minimum Gasteiger partial charge on any atom is -0.346 e. The molecule has 4 aromatic rings. The van der Waals surface area contributed by atoms with Crippen LogP contribution >= 0.6 is 0 Å². The Balaban J connectivity index is 1.52. The van der Waals surface area contributed by atoms with E-state index in [1.54, 1.807) is 10.2 Å². The van der Waals surface area contributed by atoms with Gasteiger partial charge in [-0.05, 0) is 40.6 Å². The van der Waals surface area contributed by atoms with E-state index in [2.05, 4.69) is 15.6 Å². The van der Waals surface area contributed by atoms with Gasteiger partial charge in [-0.25, -0.2) is 14.6 Å². The zero-order valence-electron chi connectivity index (χ0n) is 17.6. The molecule has 0 aliphatic heterocycles. The van der Waals surface area contributed by atoms with E-state index in [-0.39, 0.29) is 24.8 Å². The van der Waals surface area contributed by atoms with Crippen molar-refractivity contribution in [2.75, 3.05) is 0 Å². The number of aromatic nitrogens is 3. The number of halogens is 1. The number of rotatable bonds is 8. The Morgan fingerprint density at radius 2 is 1.79 bits per heavy atom. The molecule has 4 rings (SSSR count). The predicted octanol–water partition coefficient (Wildman–Crippen LogP) is 3.18. The van der Waals surface area contributed by atoms with E-state index in [0.717, 1.165) is 16.3 Å². The van der Waals surface area contributed by atoms with Crippen LogP contribution in [0.2, 0.25) is 0 Å². The van der Waals surface area contributed by atoms with Crippen molar-refractivity contribution in [2.45, 2.75) is 25.4 Å². The second-order valence-corrected chi connectivity index (χ2v) is 7.64. The average Bonchev–Trinajstić information content (AvgIpc) is 3.29. The summed E-state index contributed by atoms with van der Waals surface area (Å²) in [6, 6.07) is 19.1. The number of benzene rings is 3. The van der Waals surface area contributed by atoms with Gasteiger partial charge in [0.1, 0.15) is 5.82 Å². The average molecular weight is 447 g/mol. The minimum absolute atomic E-state index is 0.0378. The van der Waals surface area contributed by atoms with E-state index in [9.17, 15) is 14.0 Å². The van der Waals surface area contributed by atoms with Crippen molar-refractivity contribution in [2.24, 2.45) is 0 Å². The molecule has 9 heteroatoms. The van der Waals surface area contributed by atoms with Crippen LogP contribution in [0.5, 0.6) is 0 Å². The highest BCUT2D eigenvalue weighted by Crippen LogP contribution is 2.26. The number of amides is 2. The highest BCUT2D eigenvalue weighted by atomic mass is 19.1. The van der Waals surface area contributed by atoms with Gasteiger partial charge in [0, 0.05) is 17.9 Å². The largest absolute Gasteiger partial charge is 0.346 e. The molecule has 3 N–H and O–H groups in total. The molecule has 0 saturated carbocycles. The zero-order chi connectivity index (χ0) is 23.2. The minimum atomic E-state index is -0.514. The molecule has 0 unspecified atom stereocenters. The summed E-state index contributed by atoms with van der Waals surface area (Å²) >= 11 is 0. The molecule has 33 heavy (non-hydrogen) atoms. The number of hydrogen-bond acceptors (Lipinski definition) is 5. The number of carbonyl (C=O) groups excluding carboxylic acids is 2. The van der Waals surface area contributed by atoms with Gasteiger partial charge in [0.2, 0.25) is 5.91 Å². The first kappa shape index (κ1) is 22.1. The number of hydrogen-bond donors (Lipinski definition) is 3. The predicted molar refractivity (Wildman–Crippen MR) is 119 cm³/mol. The molecule has 0 bridgehead atoms. The van der Waals surface area contributed by atoms with Crippen molar-refractivity contribution in [3.05, 3.63) is 95.6 Å². The third-order valence-corrected chi connectivity index (χ3v) is 5.43. The highest BCUT2D eigenvalue weighted by molar-refractivity contribution is 5.94. The maximum Gasteiger partial charge on any atom is 0.251 e. The zero-order valence-corrected chi connectivity index (χ0v) is 17.6. The second kappa shape index (κ2) is 10.0. The molecule has 0 aliphatic rings. The molecular formula is C24H22FN5O3. The molecule has 168 valence electrons. The summed E-state index contributed by atoms with van der Waals surface area (Å²) < 4.78 is 14.7. The van der Waals surface area contributed by atoms with Crippen molar-refractivity contribution in [1.82, 2.24) is 25.8 Å². The van der Waals surface area contributed by atoms with Crippen LogP contribution in [0.15, 0.2) is 72.9 Å². The van der Waals surface area contributed by atoms with Crippen molar-refractivity contribution in [1.29, 1.82) is 0 Å². The van der Waals surface area contributed by atoms with Crippen LogP contribution in [-0.4, -0.2) is 32.0 Å². The van der Waals surface area contributed by atoms with Crippen LogP contribution in [0.1, 0.15) is 34.0 Å². The van der Waals surface area contributed by atoms with Crippen LogP contribution in [0.3, 0.4) is 0 Å². The number of nitrogens with one attached hydrogen (secondary N) is 2. The topological polar surface area (TPSA) is 109 Å². The van der Waals surface area contributed by atoms with Crippen molar-refractivity contribution >= 4 is 22.6 Å². The van der Waals surface area contributed by atoms with E-state index in [4.69, 9.17) is 5.21 Å². The fourth-order valence-corrected chi connectivity index (χ4v) is 3.67. The van der Waals surface area contributed by atoms with E-state index < -0.39 is 11.7 Å². The normalized spacial score (nSPS) is 11.8. The fourth-order valence-electron chi connectivity index (χ4n) is 3.67. The van der Waals surface area contributed by atoms with Gasteiger partial charge in [-0.15, -0.1) is 5.10 Å². The number of carbonyl (C=O) groups is 2. The summed E-state index contributed by atoms with van der Waals surface area (Å²) in [4.78, 5) is 24.3. The molecule has 2 amide bonds. The Bertz CT molecular complexity index is 1270. The summed E-state index contributed by atoms with van der Waals surface area (Å²) in [7, 11) is 0. The Kier molecular flexibility index (Phi) is 6.70. The maximum atomic E-state index is 13.1. The van der Waals surface area contributed by atoms with Gasteiger partial charge < -0.3 is 5.32 Å². The number of hydroxylamine groups is 1. The van der Waals surface area contributed by atoms with Crippen LogP contribution in [-0.2, 0) is 17.9 Å². The summed E-state index contributed by atoms with van der Waals surface area (Å²) in [5.74, 6) is -1.58. The molecule has 0 saturated heterocycles. The molecule has 0 fully saturated rings. The third-order valence-electron chi connectivity index (χ3n) is 5.43. The van der Waals surface area contributed by atoms with Gasteiger partial charge in [-0.3, -0.25) is 14.8 Å². The summed E-state index contributed by atoms with van der Waals surface area (Å²) in [6.45, 7) is 0.466. The first-order chi connectivity index (χ1) is 16.0. The smallest absolute Gasteiger partial charge is 0.251 e. The molecule has 0 spiro atoms. The van der Waals surface area contributed by atoms with Crippen LogP contribution in [0.4, 0.5) is 4.39 Å². The SMILES string of the molecule is O=C(C[C@H](Cn1nncc1CNC(=O)c1ccc(F)cc1)c1ccc2ccccc2c1)NO. The van der Waals surface area contributed by atoms with E-state index in [0.29, 0.717) is 17.8 Å². The summed E-state index contributed by atoms with van der Waals surface area (Å²) in [6.07, 6.45) is 1.57. The Labute approximate surface area is 189 Å². The van der Waals surface area contributed by atoms with Crippen LogP contribution in [0.25, 0.3) is 10.8 Å². The van der Waals surface area contributed by atoms with Gasteiger partial charge in [-0.2, -0.15) is 0 Å². The first-order valence-corrected chi connectivity index (χ1v) is 10.4. The first-order valence-electron chi connectivity index (χ1n) is 10.4. The summed E-state index contributed by atoms with van der Waals surface area (Å²) in [5, 5.41) is 22.0. The van der Waals surface area contributed by atoms with Gasteiger partial charge >= 0.3 is 0 Å². The highest BCUT2D eigenvalue weighted by Gasteiger charge is 2.19. The molecule has 1 heterocycles. The standard InChI is InChI=1S/C24H22FN5O3/c25-21-9-7-17(8-10-21)24(32)26-13-22-14-27-29-30(22)15-20(12-23(31)28-33)19-6-5-16-3-1-2-4-18(16)11-19/h1-11,14,20,33H,12-13,15H2,(H,26,32)(H,28,31)/t20-/m1/s1. The Morgan fingerprint density at radius 3 is 2.55 bits per heavy atom. The number of fused-ring (bicyclic) bond motifs is 1. The van der Waals surface area contributed by atoms with Crippen molar-refractivity contribution in [3.63, 3.8) is 0 Å². The fraction of sp³-hybridized carbons (Fsp3) is 0.167. The quantitative estimate of drug-likeness (QED) is 0.284. The second-order valence-electron chi connectivity index (χ2n) is 7.64. The molecular weight excluding hydrogens is 425 g/mol.